The van der Waals surface area contributed by atoms with Crippen LogP contribution in [-0.2, 0) is 28.9 Å². The van der Waals surface area contributed by atoms with Crippen molar-refractivity contribution in [2.45, 2.75) is 38.3 Å². The van der Waals surface area contributed by atoms with E-state index in [0.717, 1.165) is 42.4 Å². The van der Waals surface area contributed by atoms with Crippen molar-refractivity contribution in [2.75, 3.05) is 13.2 Å². The maximum Gasteiger partial charge on any atom is 0.226 e. The second-order valence-corrected chi connectivity index (χ2v) is 7.66. The Morgan fingerprint density at radius 3 is 2.97 bits per heavy atom. The molecule has 1 fully saturated rings. The Morgan fingerprint density at radius 1 is 1.23 bits per heavy atom. The summed E-state index contributed by atoms with van der Waals surface area (Å²) >= 11 is 0. The monoisotopic (exact) mass is 410 g/mol. The molecule has 9 heteroatoms. The minimum absolute atomic E-state index is 0.0366. The normalized spacial score (nSPS) is 20.4. The number of hydrogen-bond donors (Lipinski definition) is 1. The van der Waals surface area contributed by atoms with E-state index in [9.17, 15) is 9.18 Å². The zero-order valence-corrected chi connectivity index (χ0v) is 16.5. The number of fused-ring (bicyclic) bond motifs is 1. The lowest BCUT2D eigenvalue weighted by atomic mass is 9.97. The molecule has 2 aliphatic rings. The lowest BCUT2D eigenvalue weighted by Gasteiger charge is -2.19. The molecule has 0 unspecified atom stereocenters. The summed E-state index contributed by atoms with van der Waals surface area (Å²) in [5.74, 6) is 1.32. The third-order valence-electron chi connectivity index (χ3n) is 5.80. The molecular formula is C21H23FN6O2. The van der Waals surface area contributed by atoms with Gasteiger partial charge in [-0.2, -0.15) is 5.10 Å². The predicted molar refractivity (Wildman–Crippen MR) is 105 cm³/mol. The van der Waals surface area contributed by atoms with Gasteiger partial charge in [-0.1, -0.05) is 0 Å². The maximum atomic E-state index is 13.3. The molecule has 2 atom stereocenters. The first-order chi connectivity index (χ1) is 14.7. The molecule has 4 heterocycles. The van der Waals surface area contributed by atoms with Crippen molar-refractivity contribution in [1.29, 1.82) is 0 Å². The van der Waals surface area contributed by atoms with Crippen LogP contribution in [0.25, 0.3) is 5.69 Å². The van der Waals surface area contributed by atoms with Crippen molar-refractivity contribution < 1.29 is 13.9 Å². The van der Waals surface area contributed by atoms with Gasteiger partial charge in [-0.15, -0.1) is 10.2 Å². The number of benzene rings is 1. The average molecular weight is 410 g/mol. The molecule has 2 aromatic heterocycles. The smallest absolute Gasteiger partial charge is 0.226 e. The van der Waals surface area contributed by atoms with Crippen LogP contribution in [-0.4, -0.2) is 43.6 Å². The lowest BCUT2D eigenvalue weighted by Crippen LogP contribution is -2.34. The number of carbonyl (C=O) groups is 1. The van der Waals surface area contributed by atoms with Gasteiger partial charge in [0, 0.05) is 38.7 Å². The van der Waals surface area contributed by atoms with Gasteiger partial charge in [-0.25, -0.2) is 9.07 Å². The van der Waals surface area contributed by atoms with Crippen molar-refractivity contribution in [3.05, 3.63) is 59.7 Å². The SMILES string of the molecule is O=C(NCCc1nnc2n1CCC2)[C@H]1CCO[C@@H]1c1ccnn1-c1ccc(F)cc1. The molecule has 0 bridgehead atoms. The second-order valence-electron chi connectivity index (χ2n) is 7.66. The van der Waals surface area contributed by atoms with Gasteiger partial charge < -0.3 is 14.6 Å². The molecule has 8 nitrogen and oxygen atoms in total. The van der Waals surface area contributed by atoms with Gasteiger partial charge in [0.1, 0.15) is 23.6 Å². The summed E-state index contributed by atoms with van der Waals surface area (Å²) in [4.78, 5) is 12.9. The number of carbonyl (C=O) groups excluding carboxylic acids is 1. The van der Waals surface area contributed by atoms with Gasteiger partial charge in [0.25, 0.3) is 0 Å². The summed E-state index contributed by atoms with van der Waals surface area (Å²) in [5.41, 5.74) is 1.52. The Balaban J connectivity index is 1.26. The van der Waals surface area contributed by atoms with Crippen LogP contribution in [0, 0.1) is 11.7 Å². The molecule has 0 aliphatic carbocycles. The minimum Gasteiger partial charge on any atom is -0.371 e. The topological polar surface area (TPSA) is 86.9 Å². The summed E-state index contributed by atoms with van der Waals surface area (Å²) in [6, 6.07) is 7.95. The molecule has 3 aromatic rings. The molecule has 30 heavy (non-hydrogen) atoms. The molecule has 2 aliphatic heterocycles. The average Bonchev–Trinajstić information content (AvgIpc) is 3.52. The Hall–Kier alpha value is -3.07. The number of rotatable bonds is 6. The largest absolute Gasteiger partial charge is 0.371 e. The molecule has 0 radical (unpaired) electrons. The van der Waals surface area contributed by atoms with Crippen molar-refractivity contribution in [1.82, 2.24) is 29.9 Å². The van der Waals surface area contributed by atoms with E-state index in [0.29, 0.717) is 26.0 Å². The van der Waals surface area contributed by atoms with Crippen LogP contribution in [0.3, 0.4) is 0 Å². The molecular weight excluding hydrogens is 387 g/mol. The molecule has 1 N–H and O–H groups in total. The highest BCUT2D eigenvalue weighted by molar-refractivity contribution is 5.79. The highest BCUT2D eigenvalue weighted by Gasteiger charge is 2.37. The standard InChI is InChI=1S/C21H23FN6O2/c22-14-3-5-15(6-4-14)28-17(7-11-24-28)20-16(9-13-30-20)21(29)23-10-8-19-26-25-18-2-1-12-27(18)19/h3-7,11,16,20H,1-2,8-10,12-13H2,(H,23,29)/t16-,20-/m0/s1. The van der Waals surface area contributed by atoms with Crippen molar-refractivity contribution in [3.63, 3.8) is 0 Å². The van der Waals surface area contributed by atoms with E-state index in [4.69, 9.17) is 4.74 Å². The van der Waals surface area contributed by atoms with E-state index in [1.807, 2.05) is 6.07 Å². The molecule has 1 saturated heterocycles. The molecule has 1 aromatic carbocycles. The van der Waals surface area contributed by atoms with Crippen LogP contribution >= 0.6 is 0 Å². The molecule has 156 valence electrons. The van der Waals surface area contributed by atoms with Gasteiger partial charge in [0.2, 0.25) is 5.91 Å². The fourth-order valence-electron chi connectivity index (χ4n) is 4.30. The van der Waals surface area contributed by atoms with Crippen LogP contribution in [0.2, 0.25) is 0 Å². The first-order valence-electron chi connectivity index (χ1n) is 10.3. The minimum atomic E-state index is -0.394. The first kappa shape index (κ1) is 18.9. The van der Waals surface area contributed by atoms with E-state index in [1.54, 1.807) is 23.0 Å². The van der Waals surface area contributed by atoms with E-state index >= 15 is 0 Å². The number of nitrogens with one attached hydrogen (secondary N) is 1. The summed E-state index contributed by atoms with van der Waals surface area (Å²) < 4.78 is 23.0. The fourth-order valence-corrected chi connectivity index (χ4v) is 4.30. The predicted octanol–water partition coefficient (Wildman–Crippen LogP) is 1.99. The molecule has 5 rings (SSSR count). The van der Waals surface area contributed by atoms with Crippen LogP contribution < -0.4 is 5.32 Å². The van der Waals surface area contributed by atoms with E-state index in [-0.39, 0.29) is 17.6 Å². The summed E-state index contributed by atoms with van der Waals surface area (Å²) in [5, 5.41) is 15.8. The Bertz CT molecular complexity index is 1040. The van der Waals surface area contributed by atoms with Crippen LogP contribution in [0.15, 0.2) is 36.5 Å². The summed E-state index contributed by atoms with van der Waals surface area (Å²) in [6.07, 6.45) is 4.65. The van der Waals surface area contributed by atoms with Gasteiger partial charge in [0.05, 0.1) is 17.3 Å². The summed E-state index contributed by atoms with van der Waals surface area (Å²) in [6.45, 7) is 1.98. The van der Waals surface area contributed by atoms with Gasteiger partial charge in [0.15, 0.2) is 0 Å². The van der Waals surface area contributed by atoms with E-state index < -0.39 is 6.10 Å². The number of aryl methyl sites for hydroxylation is 1. The maximum absolute atomic E-state index is 13.3. The quantitative estimate of drug-likeness (QED) is 0.672. The number of ether oxygens (including phenoxy) is 1. The zero-order valence-electron chi connectivity index (χ0n) is 16.5. The highest BCUT2D eigenvalue weighted by atomic mass is 19.1. The lowest BCUT2D eigenvalue weighted by molar-refractivity contribution is -0.126. The Labute approximate surface area is 173 Å². The Morgan fingerprint density at radius 2 is 2.10 bits per heavy atom. The van der Waals surface area contributed by atoms with Crippen LogP contribution in [0.4, 0.5) is 4.39 Å². The number of halogens is 1. The van der Waals surface area contributed by atoms with Crippen LogP contribution in [0.1, 0.15) is 36.3 Å². The molecule has 1 amide bonds. The summed E-state index contributed by atoms with van der Waals surface area (Å²) in [7, 11) is 0. The number of hydrogen-bond acceptors (Lipinski definition) is 5. The van der Waals surface area contributed by atoms with Gasteiger partial charge in [-0.05, 0) is 43.2 Å². The van der Waals surface area contributed by atoms with Gasteiger partial charge in [-0.3, -0.25) is 4.79 Å². The molecule has 0 spiro atoms. The third-order valence-corrected chi connectivity index (χ3v) is 5.80. The number of amides is 1. The van der Waals surface area contributed by atoms with E-state index in [1.165, 1.54) is 12.1 Å². The second kappa shape index (κ2) is 7.98. The molecule has 0 saturated carbocycles. The number of aromatic nitrogens is 5. The highest BCUT2D eigenvalue weighted by Crippen LogP contribution is 2.35. The number of nitrogens with zero attached hydrogens (tertiary/aromatic N) is 5. The van der Waals surface area contributed by atoms with E-state index in [2.05, 4.69) is 25.2 Å². The van der Waals surface area contributed by atoms with Crippen molar-refractivity contribution in [2.24, 2.45) is 5.92 Å². The Kier molecular flexibility index (Phi) is 5.04. The fraction of sp³-hybridized carbons (Fsp3) is 0.429. The third kappa shape index (κ3) is 3.49. The van der Waals surface area contributed by atoms with Crippen molar-refractivity contribution in [3.8, 4) is 5.69 Å². The van der Waals surface area contributed by atoms with Crippen LogP contribution in [0.5, 0.6) is 0 Å². The zero-order chi connectivity index (χ0) is 20.5. The first-order valence-corrected chi connectivity index (χ1v) is 10.3. The van der Waals surface area contributed by atoms with Gasteiger partial charge >= 0.3 is 0 Å². The van der Waals surface area contributed by atoms with Crippen molar-refractivity contribution >= 4 is 5.91 Å².